The van der Waals surface area contributed by atoms with Crippen LogP contribution in [-0.4, -0.2) is 29.3 Å². The van der Waals surface area contributed by atoms with Crippen LogP contribution in [0, 0.1) is 0 Å². The van der Waals surface area contributed by atoms with Gasteiger partial charge in [0, 0.05) is 17.8 Å². The van der Waals surface area contributed by atoms with Crippen molar-refractivity contribution in [3.8, 4) is 22.9 Å². The Balaban J connectivity index is 1.81. The number of H-pyrrole nitrogens is 1. The molecule has 118 valence electrons. The summed E-state index contributed by atoms with van der Waals surface area (Å²) in [5.74, 6) is 2.20. The molecule has 0 aliphatic carbocycles. The smallest absolute Gasteiger partial charge is 0.247 e. The van der Waals surface area contributed by atoms with Crippen LogP contribution in [0.1, 0.15) is 11.5 Å². The topological polar surface area (TPSA) is 90.2 Å². The summed E-state index contributed by atoms with van der Waals surface area (Å²) < 4.78 is 15.7. The highest BCUT2D eigenvalue weighted by atomic mass is 16.5. The molecule has 2 aromatic heterocycles. The first-order chi connectivity index (χ1) is 11.2. The van der Waals surface area contributed by atoms with Gasteiger partial charge in [-0.2, -0.15) is 4.98 Å². The van der Waals surface area contributed by atoms with E-state index in [4.69, 9.17) is 14.0 Å². The van der Waals surface area contributed by atoms with Crippen molar-refractivity contribution in [2.75, 3.05) is 14.2 Å². The molecule has 0 bridgehead atoms. The number of aromatic amines is 1. The van der Waals surface area contributed by atoms with Gasteiger partial charge in [0.2, 0.25) is 17.3 Å². The third-order valence-electron chi connectivity index (χ3n) is 3.31. The molecular weight excluding hydrogens is 298 g/mol. The molecule has 1 N–H and O–H groups in total. The molecule has 3 rings (SSSR count). The van der Waals surface area contributed by atoms with Gasteiger partial charge in [-0.25, -0.2) is 0 Å². The van der Waals surface area contributed by atoms with Gasteiger partial charge in [0.1, 0.15) is 0 Å². The van der Waals surface area contributed by atoms with Gasteiger partial charge in [0.15, 0.2) is 11.5 Å². The lowest BCUT2D eigenvalue weighted by molar-refractivity contribution is 0.354. The second-order valence-corrected chi connectivity index (χ2v) is 4.82. The van der Waals surface area contributed by atoms with E-state index in [9.17, 15) is 4.79 Å². The number of methoxy groups -OCH3 is 2. The van der Waals surface area contributed by atoms with Crippen LogP contribution in [0.2, 0.25) is 0 Å². The van der Waals surface area contributed by atoms with E-state index >= 15 is 0 Å². The lowest BCUT2D eigenvalue weighted by atomic mass is 10.1. The Hall–Kier alpha value is -3.09. The highest BCUT2D eigenvalue weighted by molar-refractivity contribution is 5.52. The van der Waals surface area contributed by atoms with Gasteiger partial charge in [-0.1, -0.05) is 11.2 Å². The fourth-order valence-electron chi connectivity index (χ4n) is 2.16. The van der Waals surface area contributed by atoms with Crippen LogP contribution >= 0.6 is 0 Å². The quantitative estimate of drug-likeness (QED) is 0.775. The molecule has 0 saturated carbocycles. The SMILES string of the molecule is COc1ccc(Cc2nc(-c3ccc(=O)[nH]c3)no2)cc1OC. The predicted molar refractivity (Wildman–Crippen MR) is 82.7 cm³/mol. The number of nitrogens with zero attached hydrogens (tertiary/aromatic N) is 2. The van der Waals surface area contributed by atoms with E-state index in [0.717, 1.165) is 5.56 Å². The summed E-state index contributed by atoms with van der Waals surface area (Å²) in [4.78, 5) is 18.0. The van der Waals surface area contributed by atoms with Crippen LogP contribution in [0.5, 0.6) is 11.5 Å². The Morgan fingerprint density at radius 1 is 1.13 bits per heavy atom. The standard InChI is InChI=1S/C16H15N3O4/c1-21-12-5-3-10(7-13(12)22-2)8-15-18-16(19-23-15)11-4-6-14(20)17-9-11/h3-7,9H,8H2,1-2H3,(H,17,20). The van der Waals surface area contributed by atoms with E-state index in [2.05, 4.69) is 15.1 Å². The minimum Gasteiger partial charge on any atom is -0.493 e. The molecule has 0 saturated heterocycles. The minimum absolute atomic E-state index is 0.178. The molecular formula is C16H15N3O4. The summed E-state index contributed by atoms with van der Waals surface area (Å²) in [6.07, 6.45) is 2.02. The normalized spacial score (nSPS) is 10.5. The van der Waals surface area contributed by atoms with E-state index in [1.54, 1.807) is 26.5 Å². The van der Waals surface area contributed by atoms with Crippen LogP contribution < -0.4 is 15.0 Å². The van der Waals surface area contributed by atoms with Crippen LogP contribution in [0.4, 0.5) is 0 Å². The predicted octanol–water partition coefficient (Wildman–Crippen LogP) is 2.03. The molecule has 0 radical (unpaired) electrons. The van der Waals surface area contributed by atoms with E-state index in [1.807, 2.05) is 18.2 Å². The monoisotopic (exact) mass is 313 g/mol. The summed E-state index contributed by atoms with van der Waals surface area (Å²) >= 11 is 0. The van der Waals surface area contributed by atoms with Crippen molar-refractivity contribution in [2.24, 2.45) is 0 Å². The van der Waals surface area contributed by atoms with Crippen molar-refractivity contribution < 1.29 is 14.0 Å². The van der Waals surface area contributed by atoms with E-state index in [-0.39, 0.29) is 5.56 Å². The van der Waals surface area contributed by atoms with E-state index in [0.29, 0.717) is 35.2 Å². The molecule has 0 spiro atoms. The molecule has 0 amide bonds. The lowest BCUT2D eigenvalue weighted by Gasteiger charge is -2.08. The molecule has 1 aromatic carbocycles. The van der Waals surface area contributed by atoms with E-state index in [1.165, 1.54) is 6.07 Å². The van der Waals surface area contributed by atoms with Crippen LogP contribution in [-0.2, 0) is 6.42 Å². The Labute approximate surface area is 131 Å². The van der Waals surface area contributed by atoms with Crippen molar-refractivity contribution in [1.29, 1.82) is 0 Å². The molecule has 23 heavy (non-hydrogen) atoms. The highest BCUT2D eigenvalue weighted by Crippen LogP contribution is 2.28. The third kappa shape index (κ3) is 3.23. The van der Waals surface area contributed by atoms with Crippen molar-refractivity contribution in [1.82, 2.24) is 15.1 Å². The molecule has 0 fully saturated rings. The van der Waals surface area contributed by atoms with Crippen LogP contribution in [0.3, 0.4) is 0 Å². The van der Waals surface area contributed by atoms with Crippen molar-refractivity contribution >= 4 is 0 Å². The molecule has 3 aromatic rings. The number of nitrogens with one attached hydrogen (secondary N) is 1. The third-order valence-corrected chi connectivity index (χ3v) is 3.31. The average molecular weight is 313 g/mol. The first-order valence-electron chi connectivity index (χ1n) is 6.92. The number of pyridine rings is 1. The number of ether oxygens (including phenoxy) is 2. The maximum absolute atomic E-state index is 11.1. The second kappa shape index (κ2) is 6.35. The largest absolute Gasteiger partial charge is 0.493 e. The fraction of sp³-hybridized carbons (Fsp3) is 0.188. The zero-order chi connectivity index (χ0) is 16.2. The Kier molecular flexibility index (Phi) is 4.09. The maximum Gasteiger partial charge on any atom is 0.247 e. The van der Waals surface area contributed by atoms with Crippen LogP contribution in [0.25, 0.3) is 11.4 Å². The van der Waals surface area contributed by atoms with Gasteiger partial charge >= 0.3 is 0 Å². The zero-order valence-electron chi connectivity index (χ0n) is 12.7. The number of aromatic nitrogens is 3. The molecule has 7 heteroatoms. The Morgan fingerprint density at radius 2 is 1.96 bits per heavy atom. The molecule has 0 unspecified atom stereocenters. The molecule has 0 atom stereocenters. The molecule has 0 aliphatic heterocycles. The van der Waals surface area contributed by atoms with Gasteiger partial charge < -0.3 is 19.0 Å². The number of hydrogen-bond acceptors (Lipinski definition) is 6. The summed E-state index contributed by atoms with van der Waals surface area (Å²) in [6.45, 7) is 0. The summed E-state index contributed by atoms with van der Waals surface area (Å²) in [5.41, 5.74) is 1.47. The number of hydrogen-bond donors (Lipinski definition) is 1. The number of benzene rings is 1. The Bertz CT molecular complexity index is 849. The first-order valence-corrected chi connectivity index (χ1v) is 6.92. The van der Waals surface area contributed by atoms with Gasteiger partial charge in [0.05, 0.1) is 20.6 Å². The molecule has 0 aliphatic rings. The molecule has 7 nitrogen and oxygen atoms in total. The fourth-order valence-corrected chi connectivity index (χ4v) is 2.16. The van der Waals surface area contributed by atoms with Gasteiger partial charge in [0.25, 0.3) is 0 Å². The number of rotatable bonds is 5. The van der Waals surface area contributed by atoms with Gasteiger partial charge in [-0.15, -0.1) is 0 Å². The zero-order valence-corrected chi connectivity index (χ0v) is 12.7. The van der Waals surface area contributed by atoms with Crippen molar-refractivity contribution in [3.63, 3.8) is 0 Å². The van der Waals surface area contributed by atoms with Crippen LogP contribution in [0.15, 0.2) is 45.8 Å². The summed E-state index contributed by atoms with van der Waals surface area (Å²) in [5, 5.41) is 3.92. The van der Waals surface area contributed by atoms with E-state index < -0.39 is 0 Å². The highest BCUT2D eigenvalue weighted by Gasteiger charge is 2.11. The van der Waals surface area contributed by atoms with Crippen molar-refractivity contribution in [3.05, 3.63) is 58.3 Å². The minimum atomic E-state index is -0.178. The summed E-state index contributed by atoms with van der Waals surface area (Å²) in [6, 6.07) is 8.66. The average Bonchev–Trinajstić information content (AvgIpc) is 3.04. The maximum atomic E-state index is 11.1. The first kappa shape index (κ1) is 14.8. The second-order valence-electron chi connectivity index (χ2n) is 4.82. The molecule has 2 heterocycles. The Morgan fingerprint density at radius 3 is 2.65 bits per heavy atom. The summed E-state index contributed by atoms with van der Waals surface area (Å²) in [7, 11) is 3.18. The lowest BCUT2D eigenvalue weighted by Crippen LogP contribution is -2.01. The van der Waals surface area contributed by atoms with Gasteiger partial charge in [-0.3, -0.25) is 4.79 Å². The van der Waals surface area contributed by atoms with Crippen molar-refractivity contribution in [2.45, 2.75) is 6.42 Å². The van der Waals surface area contributed by atoms with Gasteiger partial charge in [-0.05, 0) is 23.8 Å².